The van der Waals surface area contributed by atoms with E-state index in [9.17, 15) is 4.39 Å². The summed E-state index contributed by atoms with van der Waals surface area (Å²) in [4.78, 5) is 8.94. The first-order chi connectivity index (χ1) is 9.19. The Kier molecular flexibility index (Phi) is 3.22. The van der Waals surface area contributed by atoms with Crippen LogP contribution in [0.15, 0.2) is 28.7 Å². The van der Waals surface area contributed by atoms with Gasteiger partial charge in [-0.05, 0) is 40.9 Å². The Morgan fingerprint density at radius 2 is 2.11 bits per heavy atom. The topological polar surface area (TPSA) is 37.8 Å². The van der Waals surface area contributed by atoms with Crippen LogP contribution in [-0.4, -0.2) is 17.0 Å². The Labute approximate surface area is 119 Å². The lowest BCUT2D eigenvalue weighted by atomic mass is 10.1. The lowest BCUT2D eigenvalue weighted by molar-refractivity contribution is 0.624. The molecule has 3 rings (SSSR count). The van der Waals surface area contributed by atoms with Gasteiger partial charge < -0.3 is 5.32 Å². The fourth-order valence-corrected chi connectivity index (χ4v) is 2.32. The summed E-state index contributed by atoms with van der Waals surface area (Å²) in [6.45, 7) is 0. The van der Waals surface area contributed by atoms with Gasteiger partial charge in [0.1, 0.15) is 17.5 Å². The molecule has 0 bridgehead atoms. The molecule has 3 nitrogen and oxygen atoms in total. The number of nitrogens with one attached hydrogen (secondary N) is 1. The van der Waals surface area contributed by atoms with Gasteiger partial charge in [0.05, 0.1) is 10.2 Å². The van der Waals surface area contributed by atoms with Gasteiger partial charge in [-0.25, -0.2) is 14.4 Å². The van der Waals surface area contributed by atoms with Crippen molar-refractivity contribution in [2.75, 3.05) is 12.4 Å². The summed E-state index contributed by atoms with van der Waals surface area (Å²) in [6, 6.07) is 7.00. The third-order valence-corrected chi connectivity index (χ3v) is 3.78. The molecule has 1 aliphatic rings. The van der Waals surface area contributed by atoms with E-state index in [2.05, 4.69) is 31.2 Å². The number of anilines is 1. The van der Waals surface area contributed by atoms with Crippen LogP contribution in [0, 0.1) is 5.82 Å². The summed E-state index contributed by atoms with van der Waals surface area (Å²) in [7, 11) is 1.81. The molecule has 0 saturated heterocycles. The molecule has 1 aromatic carbocycles. The van der Waals surface area contributed by atoms with E-state index in [-0.39, 0.29) is 5.82 Å². The minimum Gasteiger partial charge on any atom is -0.373 e. The molecule has 5 heteroatoms. The van der Waals surface area contributed by atoms with E-state index in [1.54, 1.807) is 31.3 Å². The fourth-order valence-electron chi connectivity index (χ4n) is 1.96. The average molecular weight is 322 g/mol. The van der Waals surface area contributed by atoms with Crippen molar-refractivity contribution in [3.63, 3.8) is 0 Å². The quantitative estimate of drug-likeness (QED) is 0.929. The van der Waals surface area contributed by atoms with Crippen molar-refractivity contribution < 1.29 is 4.39 Å². The first kappa shape index (κ1) is 12.5. The van der Waals surface area contributed by atoms with Crippen molar-refractivity contribution in [3.8, 4) is 11.3 Å². The van der Waals surface area contributed by atoms with Gasteiger partial charge in [-0.2, -0.15) is 0 Å². The van der Waals surface area contributed by atoms with Crippen molar-refractivity contribution >= 4 is 21.7 Å². The number of aromatic nitrogens is 2. The Hall–Kier alpha value is -1.49. The zero-order chi connectivity index (χ0) is 13.4. The maximum atomic E-state index is 14.1. The Morgan fingerprint density at radius 3 is 2.79 bits per heavy atom. The van der Waals surface area contributed by atoms with Gasteiger partial charge in [-0.1, -0.05) is 6.07 Å². The maximum absolute atomic E-state index is 14.1. The van der Waals surface area contributed by atoms with Crippen molar-refractivity contribution in [2.45, 2.75) is 18.8 Å². The molecular weight excluding hydrogens is 309 g/mol. The van der Waals surface area contributed by atoms with E-state index >= 15 is 0 Å². The fraction of sp³-hybridized carbons (Fsp3) is 0.286. The Morgan fingerprint density at radius 1 is 1.32 bits per heavy atom. The molecule has 98 valence electrons. The SMILES string of the molecule is CNc1cc(-c2cccc(Br)c2F)nc(C2CC2)n1. The maximum Gasteiger partial charge on any atom is 0.146 e. The van der Waals surface area contributed by atoms with Crippen molar-refractivity contribution in [1.29, 1.82) is 0 Å². The van der Waals surface area contributed by atoms with Crippen molar-refractivity contribution in [2.24, 2.45) is 0 Å². The highest BCUT2D eigenvalue weighted by atomic mass is 79.9. The number of rotatable bonds is 3. The number of halogens is 2. The Bertz CT molecular complexity index is 626. The molecule has 1 heterocycles. The molecule has 0 spiro atoms. The van der Waals surface area contributed by atoms with E-state index in [1.807, 2.05) is 0 Å². The number of hydrogen-bond donors (Lipinski definition) is 1. The van der Waals surface area contributed by atoms with E-state index in [0.29, 0.717) is 21.6 Å². The van der Waals surface area contributed by atoms with Gasteiger partial charge in [-0.3, -0.25) is 0 Å². The highest BCUT2D eigenvalue weighted by molar-refractivity contribution is 9.10. The number of benzene rings is 1. The number of hydrogen-bond acceptors (Lipinski definition) is 3. The molecule has 1 N–H and O–H groups in total. The van der Waals surface area contributed by atoms with Gasteiger partial charge in [0.25, 0.3) is 0 Å². The van der Waals surface area contributed by atoms with Crippen LogP contribution in [0.2, 0.25) is 0 Å². The summed E-state index contributed by atoms with van der Waals surface area (Å²) in [5, 5.41) is 3.01. The summed E-state index contributed by atoms with van der Waals surface area (Å²) in [5.41, 5.74) is 1.12. The monoisotopic (exact) mass is 321 g/mol. The molecule has 1 aliphatic carbocycles. The molecule has 0 amide bonds. The van der Waals surface area contributed by atoms with Crippen molar-refractivity contribution in [1.82, 2.24) is 9.97 Å². The van der Waals surface area contributed by atoms with E-state index in [0.717, 1.165) is 24.5 Å². The second kappa shape index (κ2) is 4.89. The molecule has 1 saturated carbocycles. The van der Waals surface area contributed by atoms with Gasteiger partial charge in [-0.15, -0.1) is 0 Å². The molecule has 1 fully saturated rings. The molecule has 2 aromatic rings. The predicted molar refractivity (Wildman–Crippen MR) is 76.6 cm³/mol. The van der Waals surface area contributed by atoms with Gasteiger partial charge in [0.15, 0.2) is 0 Å². The second-order valence-electron chi connectivity index (χ2n) is 4.62. The summed E-state index contributed by atoms with van der Waals surface area (Å²) < 4.78 is 14.6. The van der Waals surface area contributed by atoms with Crippen LogP contribution in [0.1, 0.15) is 24.6 Å². The second-order valence-corrected chi connectivity index (χ2v) is 5.48. The smallest absolute Gasteiger partial charge is 0.146 e. The van der Waals surface area contributed by atoms with Crippen LogP contribution >= 0.6 is 15.9 Å². The van der Waals surface area contributed by atoms with E-state index in [1.165, 1.54) is 0 Å². The average Bonchev–Trinajstić information content (AvgIpc) is 3.26. The molecule has 0 aliphatic heterocycles. The molecule has 0 unspecified atom stereocenters. The van der Waals surface area contributed by atoms with Crippen LogP contribution in [0.4, 0.5) is 10.2 Å². The van der Waals surface area contributed by atoms with Crippen LogP contribution < -0.4 is 5.32 Å². The largest absolute Gasteiger partial charge is 0.373 e. The van der Waals surface area contributed by atoms with E-state index in [4.69, 9.17) is 0 Å². The van der Waals surface area contributed by atoms with Crippen LogP contribution in [0.25, 0.3) is 11.3 Å². The van der Waals surface area contributed by atoms with Crippen LogP contribution in [0.5, 0.6) is 0 Å². The summed E-state index contributed by atoms with van der Waals surface area (Å²) in [5.74, 6) is 1.68. The molecule has 0 radical (unpaired) electrons. The third kappa shape index (κ3) is 2.47. The normalized spacial score (nSPS) is 14.5. The lowest BCUT2D eigenvalue weighted by Gasteiger charge is -2.09. The van der Waals surface area contributed by atoms with Gasteiger partial charge in [0.2, 0.25) is 0 Å². The van der Waals surface area contributed by atoms with E-state index < -0.39 is 0 Å². The molecule has 1 aromatic heterocycles. The van der Waals surface area contributed by atoms with Crippen LogP contribution in [0.3, 0.4) is 0 Å². The third-order valence-electron chi connectivity index (χ3n) is 3.17. The summed E-state index contributed by atoms with van der Waals surface area (Å²) in [6.07, 6.45) is 2.24. The van der Waals surface area contributed by atoms with Gasteiger partial charge in [0, 0.05) is 24.6 Å². The molecular formula is C14H13BrFN3. The standard InChI is InChI=1S/C14H13BrFN3/c1-17-12-7-11(18-14(19-12)8-5-6-8)9-3-2-4-10(15)13(9)16/h2-4,7-8H,5-6H2,1H3,(H,17,18,19). The minimum absolute atomic E-state index is 0.287. The number of nitrogens with zero attached hydrogens (tertiary/aromatic N) is 2. The first-order valence-electron chi connectivity index (χ1n) is 6.20. The molecule has 0 atom stereocenters. The zero-order valence-electron chi connectivity index (χ0n) is 10.5. The minimum atomic E-state index is -0.287. The summed E-state index contributed by atoms with van der Waals surface area (Å²) >= 11 is 3.20. The Balaban J connectivity index is 2.13. The highest BCUT2D eigenvalue weighted by Gasteiger charge is 2.27. The predicted octanol–water partition coefficient (Wildman–Crippen LogP) is 3.96. The van der Waals surface area contributed by atoms with Crippen LogP contribution in [-0.2, 0) is 0 Å². The molecule has 19 heavy (non-hydrogen) atoms. The lowest BCUT2D eigenvalue weighted by Crippen LogP contribution is -2.01. The van der Waals surface area contributed by atoms with Gasteiger partial charge >= 0.3 is 0 Å². The first-order valence-corrected chi connectivity index (χ1v) is 6.99. The highest BCUT2D eigenvalue weighted by Crippen LogP contribution is 2.39. The van der Waals surface area contributed by atoms with Crippen molar-refractivity contribution in [3.05, 3.63) is 40.4 Å². The zero-order valence-corrected chi connectivity index (χ0v) is 12.0.